The standard InChI is InChI=1S/C11H11FN4OS/c1-6-9(12)2-7(11(13)17)3-10(6)14-4-8-5-18-16-15-8/h2-3,5,14H,4H2,1H3,(H2,13,17). The average Bonchev–Trinajstić information content (AvgIpc) is 2.83. The van der Waals surface area contributed by atoms with Crippen molar-refractivity contribution in [1.82, 2.24) is 9.59 Å². The molecule has 0 aliphatic heterocycles. The van der Waals surface area contributed by atoms with Crippen LogP contribution >= 0.6 is 11.5 Å². The topological polar surface area (TPSA) is 80.9 Å². The van der Waals surface area contributed by atoms with Crippen molar-refractivity contribution in [1.29, 1.82) is 0 Å². The number of nitrogens with zero attached hydrogens (tertiary/aromatic N) is 2. The number of amides is 1. The van der Waals surface area contributed by atoms with Gasteiger partial charge in [-0.3, -0.25) is 4.79 Å². The number of carbonyl (C=O) groups excluding carboxylic acids is 1. The van der Waals surface area contributed by atoms with Gasteiger partial charge in [-0.05, 0) is 30.6 Å². The fourth-order valence-electron chi connectivity index (χ4n) is 1.45. The second-order valence-electron chi connectivity index (χ2n) is 3.74. The summed E-state index contributed by atoms with van der Waals surface area (Å²) in [4.78, 5) is 11.1. The fraction of sp³-hybridized carbons (Fsp3) is 0.182. The van der Waals surface area contributed by atoms with Crippen molar-refractivity contribution in [3.05, 3.63) is 40.2 Å². The lowest BCUT2D eigenvalue weighted by Gasteiger charge is -2.10. The molecular weight excluding hydrogens is 255 g/mol. The molecule has 3 N–H and O–H groups in total. The Morgan fingerprint density at radius 1 is 1.56 bits per heavy atom. The normalized spacial score (nSPS) is 10.3. The van der Waals surface area contributed by atoms with Crippen LogP contribution in [0.3, 0.4) is 0 Å². The van der Waals surface area contributed by atoms with Gasteiger partial charge in [0.05, 0.1) is 12.2 Å². The third kappa shape index (κ3) is 2.62. The number of aromatic nitrogens is 2. The lowest BCUT2D eigenvalue weighted by Crippen LogP contribution is -2.13. The van der Waals surface area contributed by atoms with Crippen LogP contribution in [0.1, 0.15) is 21.6 Å². The van der Waals surface area contributed by atoms with Gasteiger partial charge in [0.1, 0.15) is 5.82 Å². The zero-order valence-corrected chi connectivity index (χ0v) is 10.4. The summed E-state index contributed by atoms with van der Waals surface area (Å²) in [5, 5.41) is 8.66. The molecule has 0 aliphatic rings. The van der Waals surface area contributed by atoms with Gasteiger partial charge >= 0.3 is 0 Å². The zero-order valence-electron chi connectivity index (χ0n) is 9.61. The number of benzene rings is 1. The maximum absolute atomic E-state index is 13.6. The first kappa shape index (κ1) is 12.4. The third-order valence-electron chi connectivity index (χ3n) is 2.49. The summed E-state index contributed by atoms with van der Waals surface area (Å²) in [6.07, 6.45) is 0. The number of rotatable bonds is 4. The molecule has 0 aliphatic carbocycles. The summed E-state index contributed by atoms with van der Waals surface area (Å²) in [7, 11) is 0. The summed E-state index contributed by atoms with van der Waals surface area (Å²) in [5.41, 5.74) is 6.99. The van der Waals surface area contributed by atoms with Gasteiger partial charge in [0.15, 0.2) is 0 Å². The minimum atomic E-state index is -0.660. The molecule has 2 aromatic rings. The van der Waals surface area contributed by atoms with Crippen molar-refractivity contribution in [2.75, 3.05) is 5.32 Å². The summed E-state index contributed by atoms with van der Waals surface area (Å²) < 4.78 is 17.3. The van der Waals surface area contributed by atoms with Crippen molar-refractivity contribution in [3.63, 3.8) is 0 Å². The Bertz CT molecular complexity index is 571. The number of nitrogens with two attached hydrogens (primary N) is 1. The quantitative estimate of drug-likeness (QED) is 0.882. The van der Waals surface area contributed by atoms with E-state index in [1.54, 1.807) is 12.3 Å². The predicted octanol–water partition coefficient (Wildman–Crippen LogP) is 1.70. The molecule has 7 heteroatoms. The molecule has 0 saturated carbocycles. The molecule has 5 nitrogen and oxygen atoms in total. The minimum absolute atomic E-state index is 0.136. The Morgan fingerprint density at radius 3 is 2.94 bits per heavy atom. The van der Waals surface area contributed by atoms with E-state index in [9.17, 15) is 9.18 Å². The van der Waals surface area contributed by atoms with E-state index in [4.69, 9.17) is 5.73 Å². The number of carbonyl (C=O) groups is 1. The first-order chi connectivity index (χ1) is 8.58. The van der Waals surface area contributed by atoms with Gasteiger partial charge in [-0.25, -0.2) is 4.39 Å². The number of hydrogen-bond acceptors (Lipinski definition) is 5. The van der Waals surface area contributed by atoms with Gasteiger partial charge in [-0.15, -0.1) is 5.10 Å². The van der Waals surface area contributed by atoms with Crippen LogP contribution in [0, 0.1) is 12.7 Å². The van der Waals surface area contributed by atoms with E-state index < -0.39 is 11.7 Å². The molecule has 0 radical (unpaired) electrons. The summed E-state index contributed by atoms with van der Waals surface area (Å²) >= 11 is 1.24. The van der Waals surface area contributed by atoms with Crippen LogP contribution < -0.4 is 11.1 Å². The number of halogens is 1. The first-order valence-corrected chi connectivity index (χ1v) is 6.01. The molecule has 94 valence electrons. The third-order valence-corrected chi connectivity index (χ3v) is 3.05. The molecule has 1 amide bonds. The predicted molar refractivity (Wildman–Crippen MR) is 66.9 cm³/mol. The van der Waals surface area contributed by atoms with Crippen molar-refractivity contribution in [3.8, 4) is 0 Å². The molecule has 18 heavy (non-hydrogen) atoms. The van der Waals surface area contributed by atoms with E-state index in [0.29, 0.717) is 17.8 Å². The molecule has 1 aromatic heterocycles. The molecule has 0 fully saturated rings. The van der Waals surface area contributed by atoms with Gasteiger partial charge in [0.25, 0.3) is 0 Å². The molecule has 0 atom stereocenters. The minimum Gasteiger partial charge on any atom is -0.379 e. The Labute approximate surface area is 107 Å². The van der Waals surface area contributed by atoms with E-state index in [-0.39, 0.29) is 5.56 Å². The van der Waals surface area contributed by atoms with E-state index >= 15 is 0 Å². The van der Waals surface area contributed by atoms with Crippen LogP contribution in [0.15, 0.2) is 17.5 Å². The number of primary amides is 1. The first-order valence-electron chi connectivity index (χ1n) is 5.17. The Kier molecular flexibility index (Phi) is 3.52. The maximum Gasteiger partial charge on any atom is 0.248 e. The van der Waals surface area contributed by atoms with Crippen molar-refractivity contribution >= 4 is 23.1 Å². The van der Waals surface area contributed by atoms with Gasteiger partial charge < -0.3 is 11.1 Å². The molecule has 2 rings (SSSR count). The highest BCUT2D eigenvalue weighted by atomic mass is 32.1. The number of nitrogens with one attached hydrogen (secondary N) is 1. The summed E-state index contributed by atoms with van der Waals surface area (Å²) in [5.74, 6) is -1.13. The molecule has 0 bridgehead atoms. The SMILES string of the molecule is Cc1c(F)cc(C(N)=O)cc1NCc1csnn1. The van der Waals surface area contributed by atoms with Gasteiger partial charge in [0.2, 0.25) is 5.91 Å². The van der Waals surface area contributed by atoms with E-state index in [1.807, 2.05) is 0 Å². The summed E-state index contributed by atoms with van der Waals surface area (Å²) in [6.45, 7) is 2.04. The van der Waals surface area contributed by atoms with Crippen LogP contribution in [-0.2, 0) is 6.54 Å². The van der Waals surface area contributed by atoms with Crippen LogP contribution in [0.4, 0.5) is 10.1 Å². The Balaban J connectivity index is 2.23. The van der Waals surface area contributed by atoms with Crippen LogP contribution in [0.25, 0.3) is 0 Å². The average molecular weight is 266 g/mol. The van der Waals surface area contributed by atoms with Crippen molar-refractivity contribution in [2.24, 2.45) is 5.73 Å². The lowest BCUT2D eigenvalue weighted by molar-refractivity contribution is 0.1000. The lowest BCUT2D eigenvalue weighted by atomic mass is 10.1. The second kappa shape index (κ2) is 5.09. The monoisotopic (exact) mass is 266 g/mol. The van der Waals surface area contributed by atoms with Gasteiger partial charge in [0, 0.05) is 22.2 Å². The number of anilines is 1. The molecular formula is C11H11FN4OS. The smallest absolute Gasteiger partial charge is 0.248 e. The van der Waals surface area contributed by atoms with E-state index in [0.717, 1.165) is 11.8 Å². The van der Waals surface area contributed by atoms with Crippen molar-refractivity contribution in [2.45, 2.75) is 13.5 Å². The Hall–Kier alpha value is -2.02. The number of hydrogen-bond donors (Lipinski definition) is 2. The maximum atomic E-state index is 13.6. The molecule has 0 spiro atoms. The van der Waals surface area contributed by atoms with Crippen LogP contribution in [0.5, 0.6) is 0 Å². The molecule has 0 saturated heterocycles. The fourth-order valence-corrected chi connectivity index (χ4v) is 1.90. The molecule has 1 heterocycles. The highest BCUT2D eigenvalue weighted by molar-refractivity contribution is 7.03. The Morgan fingerprint density at radius 2 is 2.33 bits per heavy atom. The second-order valence-corrected chi connectivity index (χ2v) is 4.35. The molecule has 0 unspecified atom stereocenters. The van der Waals surface area contributed by atoms with E-state index in [2.05, 4.69) is 14.9 Å². The zero-order chi connectivity index (χ0) is 13.1. The van der Waals surface area contributed by atoms with Crippen molar-refractivity contribution < 1.29 is 9.18 Å². The highest BCUT2D eigenvalue weighted by Gasteiger charge is 2.10. The van der Waals surface area contributed by atoms with Crippen LogP contribution in [0.2, 0.25) is 0 Å². The summed E-state index contributed by atoms with van der Waals surface area (Å²) in [6, 6.07) is 2.66. The highest BCUT2D eigenvalue weighted by Crippen LogP contribution is 2.21. The molecule has 1 aromatic carbocycles. The van der Waals surface area contributed by atoms with E-state index in [1.165, 1.54) is 17.6 Å². The van der Waals surface area contributed by atoms with Crippen LogP contribution in [-0.4, -0.2) is 15.5 Å². The van der Waals surface area contributed by atoms with Gasteiger partial charge in [-0.2, -0.15) is 0 Å². The van der Waals surface area contributed by atoms with Gasteiger partial charge in [-0.1, -0.05) is 4.49 Å². The largest absolute Gasteiger partial charge is 0.379 e.